The van der Waals surface area contributed by atoms with Crippen LogP contribution in [0.5, 0.6) is 11.5 Å². The Bertz CT molecular complexity index is 404. The van der Waals surface area contributed by atoms with Gasteiger partial charge in [-0.2, -0.15) is 0 Å². The first-order valence-corrected chi connectivity index (χ1v) is 8.15. The number of ether oxygens (including phenoxy) is 2. The fraction of sp³-hybridized carbons (Fsp3) is 0.667. The van der Waals surface area contributed by atoms with Crippen molar-refractivity contribution in [2.45, 2.75) is 58.9 Å². The van der Waals surface area contributed by atoms with Gasteiger partial charge in [0.15, 0.2) is 11.5 Å². The van der Waals surface area contributed by atoms with E-state index in [2.05, 4.69) is 19.9 Å². The molecular formula is C18H31NO2. The predicted molar refractivity (Wildman–Crippen MR) is 89.1 cm³/mol. The number of rotatable bonds is 10. The van der Waals surface area contributed by atoms with Crippen molar-refractivity contribution in [1.82, 2.24) is 0 Å². The summed E-state index contributed by atoms with van der Waals surface area (Å²) in [5.74, 6) is 2.26. The number of hydrogen-bond acceptors (Lipinski definition) is 3. The first kappa shape index (κ1) is 17.8. The Hall–Kier alpha value is -1.22. The van der Waals surface area contributed by atoms with E-state index in [1.54, 1.807) is 7.11 Å². The van der Waals surface area contributed by atoms with E-state index in [0.717, 1.165) is 30.9 Å². The highest BCUT2D eigenvalue weighted by molar-refractivity contribution is 5.43. The van der Waals surface area contributed by atoms with Crippen molar-refractivity contribution < 1.29 is 9.47 Å². The van der Waals surface area contributed by atoms with Crippen LogP contribution in [0.25, 0.3) is 0 Å². The molecule has 1 aromatic carbocycles. The second-order valence-electron chi connectivity index (χ2n) is 5.89. The molecule has 120 valence electrons. The lowest BCUT2D eigenvalue weighted by Crippen LogP contribution is -2.17. The summed E-state index contributed by atoms with van der Waals surface area (Å²) < 4.78 is 11.4. The Morgan fingerprint density at radius 2 is 1.95 bits per heavy atom. The second-order valence-corrected chi connectivity index (χ2v) is 5.89. The van der Waals surface area contributed by atoms with Gasteiger partial charge >= 0.3 is 0 Å². The fourth-order valence-electron chi connectivity index (χ4n) is 2.44. The zero-order valence-electron chi connectivity index (χ0n) is 14.0. The molecular weight excluding hydrogens is 262 g/mol. The first-order valence-electron chi connectivity index (χ1n) is 8.15. The van der Waals surface area contributed by atoms with Crippen LogP contribution in [-0.4, -0.2) is 19.8 Å². The van der Waals surface area contributed by atoms with Crippen molar-refractivity contribution in [2.24, 2.45) is 11.7 Å². The molecule has 1 aromatic rings. The lowest BCUT2D eigenvalue weighted by Gasteiger charge is -2.18. The van der Waals surface area contributed by atoms with E-state index in [4.69, 9.17) is 15.2 Å². The topological polar surface area (TPSA) is 44.5 Å². The molecule has 3 nitrogen and oxygen atoms in total. The molecule has 0 saturated heterocycles. The zero-order chi connectivity index (χ0) is 15.7. The van der Waals surface area contributed by atoms with Crippen LogP contribution < -0.4 is 15.2 Å². The number of methoxy groups -OCH3 is 1. The van der Waals surface area contributed by atoms with Gasteiger partial charge < -0.3 is 15.2 Å². The van der Waals surface area contributed by atoms with E-state index >= 15 is 0 Å². The number of hydrogen-bond donors (Lipinski definition) is 1. The van der Waals surface area contributed by atoms with Gasteiger partial charge in [-0.1, -0.05) is 39.2 Å². The van der Waals surface area contributed by atoms with E-state index in [1.807, 2.05) is 19.1 Å². The van der Waals surface area contributed by atoms with Crippen LogP contribution in [0.1, 0.15) is 52.0 Å². The molecule has 0 amide bonds. The van der Waals surface area contributed by atoms with E-state index in [0.29, 0.717) is 5.92 Å². The summed E-state index contributed by atoms with van der Waals surface area (Å²) in [6.07, 6.45) is 5.76. The van der Waals surface area contributed by atoms with Crippen LogP contribution in [-0.2, 0) is 6.42 Å². The standard InChI is InChI=1S/C18H31NO2/c1-5-7-8-15(6-2)13-21-17-10-9-16(11-14(3)19)12-18(17)20-4/h9-10,12,14-15H,5-8,11,13,19H2,1-4H3. The highest BCUT2D eigenvalue weighted by Crippen LogP contribution is 2.29. The Balaban J connectivity index is 2.65. The summed E-state index contributed by atoms with van der Waals surface area (Å²) in [5, 5.41) is 0. The first-order chi connectivity index (χ1) is 10.1. The Morgan fingerprint density at radius 3 is 2.52 bits per heavy atom. The van der Waals surface area contributed by atoms with Crippen molar-refractivity contribution in [3.63, 3.8) is 0 Å². The molecule has 3 heteroatoms. The summed E-state index contributed by atoms with van der Waals surface area (Å²) in [6.45, 7) is 7.23. The average Bonchev–Trinajstić information content (AvgIpc) is 2.47. The van der Waals surface area contributed by atoms with Crippen molar-refractivity contribution in [3.05, 3.63) is 23.8 Å². The molecule has 2 N–H and O–H groups in total. The van der Waals surface area contributed by atoms with E-state index in [9.17, 15) is 0 Å². The van der Waals surface area contributed by atoms with Crippen LogP contribution in [0.15, 0.2) is 18.2 Å². The monoisotopic (exact) mass is 293 g/mol. The average molecular weight is 293 g/mol. The van der Waals surface area contributed by atoms with Gasteiger partial charge in [-0.05, 0) is 43.4 Å². The SMILES string of the molecule is CCCCC(CC)COc1ccc(CC(C)N)cc1OC. The summed E-state index contributed by atoms with van der Waals surface area (Å²) in [5.41, 5.74) is 7.03. The quantitative estimate of drug-likeness (QED) is 0.704. The third-order valence-electron chi connectivity index (χ3n) is 3.80. The van der Waals surface area contributed by atoms with Crippen molar-refractivity contribution >= 4 is 0 Å². The Kier molecular flexibility index (Phi) is 8.21. The molecule has 0 aliphatic heterocycles. The molecule has 0 aromatic heterocycles. The molecule has 0 aliphatic carbocycles. The molecule has 0 fully saturated rings. The van der Waals surface area contributed by atoms with Crippen LogP contribution in [0.2, 0.25) is 0 Å². The predicted octanol–water partition coefficient (Wildman–Crippen LogP) is 4.18. The maximum absolute atomic E-state index is 5.98. The Labute approximate surface area is 129 Å². The van der Waals surface area contributed by atoms with Crippen LogP contribution >= 0.6 is 0 Å². The van der Waals surface area contributed by atoms with Gasteiger partial charge in [0.2, 0.25) is 0 Å². The Morgan fingerprint density at radius 1 is 1.19 bits per heavy atom. The van der Waals surface area contributed by atoms with Gasteiger partial charge in [-0.3, -0.25) is 0 Å². The summed E-state index contributed by atoms with van der Waals surface area (Å²) in [6, 6.07) is 6.27. The van der Waals surface area contributed by atoms with Gasteiger partial charge in [-0.15, -0.1) is 0 Å². The zero-order valence-corrected chi connectivity index (χ0v) is 14.0. The molecule has 1 rings (SSSR count). The lowest BCUT2D eigenvalue weighted by atomic mass is 10.0. The number of benzene rings is 1. The summed E-state index contributed by atoms with van der Waals surface area (Å²) in [4.78, 5) is 0. The molecule has 21 heavy (non-hydrogen) atoms. The minimum atomic E-state index is 0.153. The van der Waals surface area contributed by atoms with Crippen LogP contribution in [0.3, 0.4) is 0 Å². The summed E-state index contributed by atoms with van der Waals surface area (Å²) in [7, 11) is 1.69. The maximum Gasteiger partial charge on any atom is 0.161 e. The molecule has 0 saturated carbocycles. The van der Waals surface area contributed by atoms with Crippen LogP contribution in [0, 0.1) is 5.92 Å². The van der Waals surface area contributed by atoms with E-state index in [1.165, 1.54) is 24.8 Å². The van der Waals surface area contributed by atoms with E-state index in [-0.39, 0.29) is 6.04 Å². The molecule has 0 heterocycles. The van der Waals surface area contributed by atoms with Gasteiger partial charge in [0.1, 0.15) is 0 Å². The van der Waals surface area contributed by atoms with Gasteiger partial charge in [0, 0.05) is 6.04 Å². The fourth-order valence-corrected chi connectivity index (χ4v) is 2.44. The molecule has 0 spiro atoms. The molecule has 0 bridgehead atoms. The normalized spacial score (nSPS) is 13.8. The molecule has 2 unspecified atom stereocenters. The molecule has 0 radical (unpaired) electrons. The van der Waals surface area contributed by atoms with Crippen molar-refractivity contribution in [1.29, 1.82) is 0 Å². The van der Waals surface area contributed by atoms with E-state index < -0.39 is 0 Å². The lowest BCUT2D eigenvalue weighted by molar-refractivity contribution is 0.224. The third kappa shape index (κ3) is 6.38. The third-order valence-corrected chi connectivity index (χ3v) is 3.80. The maximum atomic E-state index is 5.98. The largest absolute Gasteiger partial charge is 0.493 e. The highest BCUT2D eigenvalue weighted by atomic mass is 16.5. The second kappa shape index (κ2) is 9.67. The smallest absolute Gasteiger partial charge is 0.161 e. The summed E-state index contributed by atoms with van der Waals surface area (Å²) >= 11 is 0. The van der Waals surface area contributed by atoms with Crippen LogP contribution in [0.4, 0.5) is 0 Å². The van der Waals surface area contributed by atoms with Crippen molar-refractivity contribution in [2.75, 3.05) is 13.7 Å². The van der Waals surface area contributed by atoms with Crippen molar-refractivity contribution in [3.8, 4) is 11.5 Å². The minimum Gasteiger partial charge on any atom is -0.493 e. The molecule has 0 aliphatic rings. The minimum absolute atomic E-state index is 0.153. The van der Waals surface area contributed by atoms with Gasteiger partial charge in [0.05, 0.1) is 13.7 Å². The van der Waals surface area contributed by atoms with Gasteiger partial charge in [-0.25, -0.2) is 0 Å². The number of nitrogens with two attached hydrogens (primary N) is 1. The van der Waals surface area contributed by atoms with Gasteiger partial charge in [0.25, 0.3) is 0 Å². The highest BCUT2D eigenvalue weighted by Gasteiger charge is 2.11. The molecule has 2 atom stereocenters. The number of unbranched alkanes of at least 4 members (excludes halogenated alkanes) is 1.